The van der Waals surface area contributed by atoms with E-state index < -0.39 is 12.7 Å². The summed E-state index contributed by atoms with van der Waals surface area (Å²) in [5.41, 5.74) is 0.894. The average Bonchev–Trinajstić information content (AvgIpc) is 2.85. The predicted molar refractivity (Wildman–Crippen MR) is 64.4 cm³/mol. The Balaban J connectivity index is 1.98. The Morgan fingerprint density at radius 1 is 1.21 bits per heavy atom. The molecule has 0 fully saturated rings. The number of hydrogen-bond donors (Lipinski definition) is 1. The summed E-state index contributed by atoms with van der Waals surface area (Å²) in [6.45, 7) is 2.01. The van der Waals surface area contributed by atoms with Crippen molar-refractivity contribution in [2.45, 2.75) is 38.5 Å². The molecule has 1 N–H and O–H groups in total. The Morgan fingerprint density at radius 3 is 2.63 bits per heavy atom. The molecule has 0 radical (unpaired) electrons. The van der Waals surface area contributed by atoms with Crippen LogP contribution in [0.3, 0.4) is 0 Å². The van der Waals surface area contributed by atoms with E-state index in [0.717, 1.165) is 5.56 Å². The van der Waals surface area contributed by atoms with Crippen LogP contribution in [0.15, 0.2) is 18.2 Å². The van der Waals surface area contributed by atoms with Crippen LogP contribution in [-0.2, 0) is 6.42 Å². The van der Waals surface area contributed by atoms with Crippen molar-refractivity contribution in [1.82, 2.24) is 5.32 Å². The summed E-state index contributed by atoms with van der Waals surface area (Å²) in [5.74, 6) is 1.30. The molecule has 19 heavy (non-hydrogen) atoms. The van der Waals surface area contributed by atoms with Gasteiger partial charge in [-0.05, 0) is 30.5 Å². The normalized spacial score (nSPS) is 16.7. The van der Waals surface area contributed by atoms with Crippen molar-refractivity contribution in [1.29, 1.82) is 0 Å². The van der Waals surface area contributed by atoms with Crippen molar-refractivity contribution < 1.29 is 22.6 Å². The van der Waals surface area contributed by atoms with Crippen LogP contribution in [0.5, 0.6) is 11.5 Å². The smallest absolute Gasteiger partial charge is 0.282 e. The Labute approximate surface area is 109 Å². The van der Waals surface area contributed by atoms with E-state index in [0.29, 0.717) is 24.3 Å². The first-order valence-electron chi connectivity index (χ1n) is 6.17. The maximum atomic E-state index is 13.0. The van der Waals surface area contributed by atoms with Gasteiger partial charge >= 0.3 is 0 Å². The molecule has 2 unspecified atom stereocenters. The Hall–Kier alpha value is -1.43. The molecule has 1 aliphatic heterocycles. The minimum Gasteiger partial charge on any atom is -0.454 e. The lowest BCUT2D eigenvalue weighted by atomic mass is 10.0. The number of hydrogen-bond acceptors (Lipinski definition) is 3. The van der Waals surface area contributed by atoms with Crippen LogP contribution in [0.2, 0.25) is 0 Å². The number of fused-ring (bicyclic) bond motifs is 1. The first-order chi connectivity index (χ1) is 9.10. The highest BCUT2D eigenvalue weighted by Gasteiger charge is 2.22. The Kier molecular flexibility index (Phi) is 4.52. The van der Waals surface area contributed by atoms with E-state index in [4.69, 9.17) is 9.47 Å². The fourth-order valence-electron chi connectivity index (χ4n) is 1.97. The number of halogens is 3. The molecule has 2 atom stereocenters. The van der Waals surface area contributed by atoms with Gasteiger partial charge in [0.2, 0.25) is 13.1 Å². The van der Waals surface area contributed by atoms with Crippen LogP contribution < -0.4 is 14.8 Å². The molecule has 2 rings (SSSR count). The second-order valence-electron chi connectivity index (χ2n) is 4.40. The molecule has 0 amide bonds. The quantitative estimate of drug-likeness (QED) is 0.810. The third kappa shape index (κ3) is 3.53. The van der Waals surface area contributed by atoms with Gasteiger partial charge in [-0.2, -0.15) is 0 Å². The molecule has 0 saturated carbocycles. The maximum absolute atomic E-state index is 13.0. The summed E-state index contributed by atoms with van der Waals surface area (Å²) in [6, 6.07) is 5.05. The molecule has 1 aromatic rings. The van der Waals surface area contributed by atoms with E-state index in [9.17, 15) is 13.2 Å². The minimum atomic E-state index is -3.01. The van der Waals surface area contributed by atoms with Crippen molar-refractivity contribution in [3.8, 4) is 11.5 Å². The highest BCUT2D eigenvalue weighted by molar-refractivity contribution is 5.44. The number of nitrogens with one attached hydrogen (secondary N) is 1. The molecular formula is C13H16F3NO2. The van der Waals surface area contributed by atoms with Gasteiger partial charge in [0.05, 0.1) is 0 Å². The summed E-state index contributed by atoms with van der Waals surface area (Å²) >= 11 is 0. The highest BCUT2D eigenvalue weighted by atomic mass is 19.3. The number of alkyl halides is 3. The monoisotopic (exact) mass is 275 g/mol. The van der Waals surface area contributed by atoms with Gasteiger partial charge in [0.25, 0.3) is 6.43 Å². The van der Waals surface area contributed by atoms with Crippen LogP contribution in [0, 0.1) is 0 Å². The van der Waals surface area contributed by atoms with Gasteiger partial charge in [-0.25, -0.2) is 13.2 Å². The van der Waals surface area contributed by atoms with Crippen molar-refractivity contribution in [2.75, 3.05) is 6.79 Å². The Morgan fingerprint density at radius 2 is 1.95 bits per heavy atom. The molecule has 0 aromatic heterocycles. The topological polar surface area (TPSA) is 30.5 Å². The molecule has 106 valence electrons. The van der Waals surface area contributed by atoms with Crippen molar-refractivity contribution in [3.05, 3.63) is 23.8 Å². The molecule has 0 saturated heterocycles. The van der Waals surface area contributed by atoms with E-state index in [1.54, 1.807) is 12.1 Å². The lowest BCUT2D eigenvalue weighted by molar-refractivity contribution is 0.0235. The minimum absolute atomic E-state index is 0.187. The SMILES string of the molecule is CCC(Cc1ccc2c(c1)OCO2)NC(F)C(F)F. The Bertz CT molecular complexity index is 428. The highest BCUT2D eigenvalue weighted by Crippen LogP contribution is 2.32. The number of ether oxygens (including phenoxy) is 2. The fourth-order valence-corrected chi connectivity index (χ4v) is 1.97. The van der Waals surface area contributed by atoms with Gasteiger partial charge in [0, 0.05) is 6.04 Å². The summed E-state index contributed by atoms with van der Waals surface area (Å²) in [6.07, 6.45) is -4.29. The first kappa shape index (κ1) is 14.0. The summed E-state index contributed by atoms with van der Waals surface area (Å²) < 4.78 is 47.7. The van der Waals surface area contributed by atoms with Crippen molar-refractivity contribution in [3.63, 3.8) is 0 Å². The van der Waals surface area contributed by atoms with Crippen molar-refractivity contribution in [2.24, 2.45) is 0 Å². The average molecular weight is 275 g/mol. The molecule has 1 aliphatic rings. The number of benzene rings is 1. The predicted octanol–water partition coefficient (Wildman–Crippen LogP) is 2.89. The first-order valence-corrected chi connectivity index (χ1v) is 6.17. The third-order valence-corrected chi connectivity index (χ3v) is 3.03. The molecule has 0 spiro atoms. The molecular weight excluding hydrogens is 259 g/mol. The molecule has 1 heterocycles. The van der Waals surface area contributed by atoms with Crippen LogP contribution in [0.4, 0.5) is 13.2 Å². The van der Waals surface area contributed by atoms with Crippen LogP contribution in [0.1, 0.15) is 18.9 Å². The fraction of sp³-hybridized carbons (Fsp3) is 0.538. The molecule has 6 heteroatoms. The zero-order valence-corrected chi connectivity index (χ0v) is 10.5. The lowest BCUT2D eigenvalue weighted by Gasteiger charge is -2.19. The summed E-state index contributed by atoms with van der Waals surface area (Å²) in [5, 5.41) is 2.29. The molecule has 3 nitrogen and oxygen atoms in total. The van der Waals surface area contributed by atoms with E-state index >= 15 is 0 Å². The van der Waals surface area contributed by atoms with E-state index in [1.165, 1.54) is 0 Å². The van der Waals surface area contributed by atoms with Crippen molar-refractivity contribution >= 4 is 0 Å². The van der Waals surface area contributed by atoms with Crippen LogP contribution in [0.25, 0.3) is 0 Å². The maximum Gasteiger partial charge on any atom is 0.282 e. The van der Waals surface area contributed by atoms with Gasteiger partial charge in [-0.1, -0.05) is 13.0 Å². The van der Waals surface area contributed by atoms with Gasteiger partial charge in [-0.15, -0.1) is 0 Å². The van der Waals surface area contributed by atoms with Gasteiger partial charge in [0.1, 0.15) is 0 Å². The third-order valence-electron chi connectivity index (χ3n) is 3.03. The largest absolute Gasteiger partial charge is 0.454 e. The zero-order chi connectivity index (χ0) is 13.8. The molecule has 0 bridgehead atoms. The number of rotatable bonds is 6. The summed E-state index contributed by atoms with van der Waals surface area (Å²) in [4.78, 5) is 0. The van der Waals surface area contributed by atoms with E-state index in [2.05, 4.69) is 5.32 Å². The lowest BCUT2D eigenvalue weighted by Crippen LogP contribution is -2.40. The second kappa shape index (κ2) is 6.14. The van der Waals surface area contributed by atoms with Gasteiger partial charge < -0.3 is 9.47 Å². The molecule has 1 aromatic carbocycles. The van der Waals surface area contributed by atoms with Gasteiger partial charge in [0.15, 0.2) is 11.5 Å². The molecule has 0 aliphatic carbocycles. The second-order valence-corrected chi connectivity index (χ2v) is 4.40. The van der Waals surface area contributed by atoms with Crippen LogP contribution >= 0.6 is 0 Å². The standard InChI is InChI=1S/C13H16F3NO2/c1-2-9(17-13(16)12(14)15)5-8-3-4-10-11(6-8)19-7-18-10/h3-4,6,9,12-13,17H,2,5,7H2,1H3. The van der Waals surface area contributed by atoms with E-state index in [1.807, 2.05) is 13.0 Å². The van der Waals surface area contributed by atoms with Gasteiger partial charge in [-0.3, -0.25) is 5.32 Å². The zero-order valence-electron chi connectivity index (χ0n) is 10.5. The van der Waals surface area contributed by atoms with Crippen LogP contribution in [-0.4, -0.2) is 25.6 Å². The van der Waals surface area contributed by atoms with E-state index in [-0.39, 0.29) is 12.8 Å². The summed E-state index contributed by atoms with van der Waals surface area (Å²) in [7, 11) is 0.